The van der Waals surface area contributed by atoms with Crippen molar-refractivity contribution in [2.24, 2.45) is 16.8 Å². The zero-order valence-electron chi connectivity index (χ0n) is 20.5. The van der Waals surface area contributed by atoms with Crippen LogP contribution in [-0.4, -0.2) is 68.0 Å². The molecule has 2 heterocycles. The molecule has 0 spiro atoms. The van der Waals surface area contributed by atoms with Crippen molar-refractivity contribution in [2.75, 3.05) is 39.4 Å². The first-order valence-corrected chi connectivity index (χ1v) is 12.0. The number of hydrogen-bond donors (Lipinski definition) is 2. The van der Waals surface area contributed by atoms with Crippen LogP contribution in [0, 0.1) is 11.8 Å². The lowest BCUT2D eigenvalue weighted by atomic mass is 9.98. The van der Waals surface area contributed by atoms with Gasteiger partial charge in [-0.15, -0.1) is 24.0 Å². The maximum Gasteiger partial charge on any atom is 0.407 e. The van der Waals surface area contributed by atoms with Crippen molar-refractivity contribution in [1.82, 2.24) is 15.5 Å². The van der Waals surface area contributed by atoms with E-state index in [1.807, 2.05) is 39.8 Å². The molecule has 2 fully saturated rings. The van der Waals surface area contributed by atoms with E-state index in [-0.39, 0.29) is 36.1 Å². The standard InChI is InChI=1S/C24H40N4O4.HI/c1-5-30-14-7-12-25-22(26-13-11-19-8-6-15-31-19)28-16-18-9-10-21(20(18)17-28)27-23(29)32-24(2,3)4;/h6,8,15,18,20-21H,5,7,9-14,16-17H2,1-4H3,(H,25,26)(H,27,29);1H. The number of amides is 1. The van der Waals surface area contributed by atoms with Crippen LogP contribution in [0.1, 0.15) is 52.7 Å². The van der Waals surface area contributed by atoms with Gasteiger partial charge in [-0.2, -0.15) is 0 Å². The van der Waals surface area contributed by atoms with E-state index in [1.165, 1.54) is 0 Å². The van der Waals surface area contributed by atoms with E-state index in [2.05, 4.69) is 15.5 Å². The third-order valence-electron chi connectivity index (χ3n) is 6.01. The smallest absolute Gasteiger partial charge is 0.407 e. The summed E-state index contributed by atoms with van der Waals surface area (Å²) in [6.07, 6.45) is 5.23. The van der Waals surface area contributed by atoms with Crippen LogP contribution in [0.15, 0.2) is 27.8 Å². The van der Waals surface area contributed by atoms with Gasteiger partial charge in [-0.1, -0.05) is 0 Å². The monoisotopic (exact) mass is 576 g/mol. The van der Waals surface area contributed by atoms with Crippen LogP contribution >= 0.6 is 24.0 Å². The molecule has 3 atom stereocenters. The number of furan rings is 1. The maximum atomic E-state index is 12.3. The van der Waals surface area contributed by atoms with Gasteiger partial charge in [-0.25, -0.2) is 4.79 Å². The number of likely N-dealkylation sites (tertiary alicyclic amines) is 1. The van der Waals surface area contributed by atoms with E-state index in [9.17, 15) is 4.79 Å². The second-order valence-electron chi connectivity index (χ2n) is 9.67. The van der Waals surface area contributed by atoms with Crippen molar-refractivity contribution >= 4 is 36.0 Å². The van der Waals surface area contributed by atoms with Crippen molar-refractivity contribution in [3.05, 3.63) is 24.2 Å². The molecule has 33 heavy (non-hydrogen) atoms. The summed E-state index contributed by atoms with van der Waals surface area (Å²) in [5.74, 6) is 2.89. The van der Waals surface area contributed by atoms with Crippen LogP contribution in [0.25, 0.3) is 0 Å². The lowest BCUT2D eigenvalue weighted by Crippen LogP contribution is -2.45. The lowest BCUT2D eigenvalue weighted by Gasteiger charge is -2.26. The van der Waals surface area contributed by atoms with Crippen molar-refractivity contribution in [3.8, 4) is 0 Å². The summed E-state index contributed by atoms with van der Waals surface area (Å²) in [7, 11) is 0. The van der Waals surface area contributed by atoms with Crippen LogP contribution in [0.3, 0.4) is 0 Å². The van der Waals surface area contributed by atoms with Gasteiger partial charge >= 0.3 is 6.09 Å². The van der Waals surface area contributed by atoms with Crippen molar-refractivity contribution in [2.45, 2.75) is 65.0 Å². The van der Waals surface area contributed by atoms with E-state index in [0.717, 1.165) is 76.8 Å². The predicted octanol–water partition coefficient (Wildman–Crippen LogP) is 4.05. The summed E-state index contributed by atoms with van der Waals surface area (Å²) >= 11 is 0. The first kappa shape index (κ1) is 27.8. The Morgan fingerprint density at radius 2 is 2.12 bits per heavy atom. The molecule has 3 unspecified atom stereocenters. The number of fused-ring (bicyclic) bond motifs is 1. The molecular weight excluding hydrogens is 535 g/mol. The Hall–Kier alpha value is -1.49. The molecule has 8 nitrogen and oxygen atoms in total. The van der Waals surface area contributed by atoms with Crippen molar-refractivity contribution < 1.29 is 18.7 Å². The molecule has 1 aliphatic heterocycles. The van der Waals surface area contributed by atoms with Gasteiger partial charge in [0.05, 0.1) is 6.26 Å². The van der Waals surface area contributed by atoms with E-state index in [4.69, 9.17) is 18.9 Å². The Morgan fingerprint density at radius 1 is 1.30 bits per heavy atom. The number of alkyl carbamates (subject to hydrolysis) is 1. The summed E-state index contributed by atoms with van der Waals surface area (Å²) in [5.41, 5.74) is -0.483. The van der Waals surface area contributed by atoms with Crippen LogP contribution in [0.2, 0.25) is 0 Å². The van der Waals surface area contributed by atoms with Crippen LogP contribution < -0.4 is 10.6 Å². The third kappa shape index (κ3) is 8.99. The normalized spacial score (nSPS) is 22.6. The quantitative estimate of drug-likeness (QED) is 0.200. The van der Waals surface area contributed by atoms with Crippen LogP contribution in [0.5, 0.6) is 0 Å². The van der Waals surface area contributed by atoms with Gasteiger partial charge in [0, 0.05) is 57.8 Å². The van der Waals surface area contributed by atoms with Gasteiger partial charge in [0.15, 0.2) is 5.96 Å². The second-order valence-corrected chi connectivity index (χ2v) is 9.67. The zero-order valence-corrected chi connectivity index (χ0v) is 22.8. The summed E-state index contributed by atoms with van der Waals surface area (Å²) in [6.45, 7) is 12.5. The minimum atomic E-state index is -0.483. The summed E-state index contributed by atoms with van der Waals surface area (Å²) in [6, 6.07) is 4.06. The molecule has 1 aliphatic carbocycles. The van der Waals surface area contributed by atoms with Gasteiger partial charge in [0.25, 0.3) is 0 Å². The topological polar surface area (TPSA) is 88.3 Å². The molecule has 2 N–H and O–H groups in total. The fourth-order valence-electron chi connectivity index (χ4n) is 4.59. The van der Waals surface area contributed by atoms with Crippen molar-refractivity contribution in [3.63, 3.8) is 0 Å². The summed E-state index contributed by atoms with van der Waals surface area (Å²) in [4.78, 5) is 19.5. The Kier molecular flexibility index (Phi) is 11.3. The highest BCUT2D eigenvalue weighted by Gasteiger charge is 2.44. The number of halogens is 1. The third-order valence-corrected chi connectivity index (χ3v) is 6.01. The number of carbonyl (C=O) groups is 1. The fourth-order valence-corrected chi connectivity index (χ4v) is 4.59. The molecule has 1 saturated carbocycles. The Bertz CT molecular complexity index is 735. The molecular formula is C24H41IN4O4. The van der Waals surface area contributed by atoms with E-state index < -0.39 is 5.60 Å². The highest BCUT2D eigenvalue weighted by Crippen LogP contribution is 2.38. The maximum absolute atomic E-state index is 12.3. The number of carbonyl (C=O) groups excluding carboxylic acids is 1. The lowest BCUT2D eigenvalue weighted by molar-refractivity contribution is 0.0492. The number of nitrogens with one attached hydrogen (secondary N) is 2. The van der Waals surface area contributed by atoms with E-state index in [1.54, 1.807) is 6.26 Å². The number of nitrogens with zero attached hydrogens (tertiary/aromatic N) is 2. The van der Waals surface area contributed by atoms with E-state index in [0.29, 0.717) is 11.8 Å². The summed E-state index contributed by atoms with van der Waals surface area (Å²) in [5, 5.41) is 6.65. The largest absolute Gasteiger partial charge is 0.469 e. The van der Waals surface area contributed by atoms with Gasteiger partial charge in [-0.3, -0.25) is 4.99 Å². The number of ether oxygens (including phenoxy) is 2. The molecule has 1 saturated heterocycles. The average Bonchev–Trinajstić information content (AvgIpc) is 3.44. The number of aliphatic imine (C=N–C) groups is 1. The molecule has 188 valence electrons. The zero-order chi connectivity index (χ0) is 23.0. The molecule has 9 heteroatoms. The predicted molar refractivity (Wildman–Crippen MR) is 140 cm³/mol. The number of hydrogen-bond acceptors (Lipinski definition) is 5. The first-order valence-electron chi connectivity index (χ1n) is 12.0. The van der Waals surface area contributed by atoms with Crippen molar-refractivity contribution in [1.29, 1.82) is 0 Å². The summed E-state index contributed by atoms with van der Waals surface area (Å²) < 4.78 is 16.4. The Morgan fingerprint density at radius 3 is 2.82 bits per heavy atom. The van der Waals surface area contributed by atoms with Gasteiger partial charge in [0.1, 0.15) is 11.4 Å². The van der Waals surface area contributed by atoms with E-state index >= 15 is 0 Å². The highest BCUT2D eigenvalue weighted by molar-refractivity contribution is 14.0. The molecule has 3 rings (SSSR count). The first-order chi connectivity index (χ1) is 15.4. The van der Waals surface area contributed by atoms with Crippen LogP contribution in [0.4, 0.5) is 4.79 Å². The number of rotatable bonds is 9. The molecule has 2 aliphatic rings. The molecule has 0 aromatic carbocycles. The highest BCUT2D eigenvalue weighted by atomic mass is 127. The SMILES string of the molecule is CCOCCCN=C(NCCc1ccco1)N1CC2CCC(NC(=O)OC(C)(C)C)C2C1.I. The Labute approximate surface area is 215 Å². The molecule has 1 amide bonds. The fraction of sp³-hybridized carbons (Fsp3) is 0.750. The number of guanidine groups is 1. The van der Waals surface area contributed by atoms with Gasteiger partial charge in [0.2, 0.25) is 0 Å². The molecule has 0 bridgehead atoms. The average molecular weight is 577 g/mol. The minimum Gasteiger partial charge on any atom is -0.469 e. The second kappa shape index (κ2) is 13.4. The van der Waals surface area contributed by atoms with Gasteiger partial charge < -0.3 is 29.4 Å². The molecule has 1 aromatic heterocycles. The van der Waals surface area contributed by atoms with Gasteiger partial charge in [-0.05, 0) is 65.0 Å². The molecule has 0 radical (unpaired) electrons. The Balaban J connectivity index is 0.00000385. The molecule has 1 aromatic rings. The van der Waals surface area contributed by atoms with Crippen LogP contribution in [-0.2, 0) is 15.9 Å². The minimum absolute atomic E-state index is 0.